The predicted molar refractivity (Wildman–Crippen MR) is 88.3 cm³/mol. The minimum Gasteiger partial charge on any atom is -0.357 e. The van der Waals surface area contributed by atoms with Crippen LogP contribution in [-0.4, -0.2) is 25.1 Å². The standard InChI is InChI=1S/C17H31N3/c1-6-9-16-10-15(12-18-5)11-17(19-16)20(8-3)13-14(4)7-2/h10-11,14,18H,6-9,12-13H2,1-5H3. The maximum absolute atomic E-state index is 4.86. The molecule has 1 unspecified atom stereocenters. The molecule has 0 bridgehead atoms. The Kier molecular flexibility index (Phi) is 7.60. The zero-order chi connectivity index (χ0) is 15.0. The van der Waals surface area contributed by atoms with Crippen LogP contribution >= 0.6 is 0 Å². The largest absolute Gasteiger partial charge is 0.357 e. The number of aryl methyl sites for hydroxylation is 1. The Hall–Kier alpha value is -1.09. The molecule has 0 radical (unpaired) electrons. The summed E-state index contributed by atoms with van der Waals surface area (Å²) >= 11 is 0. The predicted octanol–water partition coefficient (Wildman–Crippen LogP) is 3.63. The van der Waals surface area contributed by atoms with Gasteiger partial charge in [0.15, 0.2) is 0 Å². The van der Waals surface area contributed by atoms with E-state index in [1.54, 1.807) is 0 Å². The number of hydrogen-bond acceptors (Lipinski definition) is 3. The van der Waals surface area contributed by atoms with Crippen molar-refractivity contribution in [2.24, 2.45) is 5.92 Å². The summed E-state index contributed by atoms with van der Waals surface area (Å²) in [6.07, 6.45) is 3.42. The van der Waals surface area contributed by atoms with Crippen LogP contribution in [0.15, 0.2) is 12.1 Å². The van der Waals surface area contributed by atoms with Crippen LogP contribution in [0.25, 0.3) is 0 Å². The minimum atomic E-state index is 0.708. The summed E-state index contributed by atoms with van der Waals surface area (Å²) in [6.45, 7) is 12.0. The third kappa shape index (κ3) is 5.12. The van der Waals surface area contributed by atoms with Gasteiger partial charge in [0.05, 0.1) is 0 Å². The van der Waals surface area contributed by atoms with Crippen LogP contribution in [0.3, 0.4) is 0 Å². The topological polar surface area (TPSA) is 28.2 Å². The second kappa shape index (κ2) is 8.96. The zero-order valence-corrected chi connectivity index (χ0v) is 13.9. The van der Waals surface area contributed by atoms with Gasteiger partial charge < -0.3 is 10.2 Å². The molecule has 0 aliphatic rings. The second-order valence-corrected chi connectivity index (χ2v) is 5.66. The first-order valence-corrected chi connectivity index (χ1v) is 8.03. The summed E-state index contributed by atoms with van der Waals surface area (Å²) in [6, 6.07) is 4.47. The summed E-state index contributed by atoms with van der Waals surface area (Å²) in [5.74, 6) is 1.85. The van der Waals surface area contributed by atoms with E-state index in [4.69, 9.17) is 4.98 Å². The highest BCUT2D eigenvalue weighted by molar-refractivity contribution is 5.43. The number of pyridine rings is 1. The molecule has 1 rings (SSSR count). The van der Waals surface area contributed by atoms with Gasteiger partial charge in [-0.1, -0.05) is 33.6 Å². The van der Waals surface area contributed by atoms with E-state index >= 15 is 0 Å². The fourth-order valence-electron chi connectivity index (χ4n) is 2.38. The van der Waals surface area contributed by atoms with Gasteiger partial charge in [-0.2, -0.15) is 0 Å². The van der Waals surface area contributed by atoms with Crippen LogP contribution in [0, 0.1) is 5.92 Å². The lowest BCUT2D eigenvalue weighted by Crippen LogP contribution is -2.29. The average molecular weight is 277 g/mol. The first kappa shape index (κ1) is 17.0. The molecule has 0 spiro atoms. The van der Waals surface area contributed by atoms with E-state index in [-0.39, 0.29) is 0 Å². The number of rotatable bonds is 9. The fourth-order valence-corrected chi connectivity index (χ4v) is 2.38. The van der Waals surface area contributed by atoms with Crippen molar-refractivity contribution < 1.29 is 0 Å². The van der Waals surface area contributed by atoms with Crippen molar-refractivity contribution >= 4 is 5.82 Å². The number of hydrogen-bond donors (Lipinski definition) is 1. The van der Waals surface area contributed by atoms with Gasteiger partial charge in [0.2, 0.25) is 0 Å². The number of nitrogens with one attached hydrogen (secondary N) is 1. The Balaban J connectivity index is 2.99. The van der Waals surface area contributed by atoms with E-state index in [1.807, 2.05) is 7.05 Å². The normalized spacial score (nSPS) is 12.4. The Morgan fingerprint density at radius 3 is 2.55 bits per heavy atom. The van der Waals surface area contributed by atoms with E-state index in [9.17, 15) is 0 Å². The van der Waals surface area contributed by atoms with Gasteiger partial charge in [0.1, 0.15) is 5.82 Å². The van der Waals surface area contributed by atoms with Gasteiger partial charge in [0, 0.05) is 25.3 Å². The van der Waals surface area contributed by atoms with Crippen LogP contribution < -0.4 is 10.2 Å². The number of anilines is 1. The SMILES string of the molecule is CCCc1cc(CNC)cc(N(CC)CC(C)CC)n1. The maximum Gasteiger partial charge on any atom is 0.129 e. The smallest absolute Gasteiger partial charge is 0.129 e. The van der Waals surface area contributed by atoms with Gasteiger partial charge >= 0.3 is 0 Å². The first-order chi connectivity index (χ1) is 9.64. The van der Waals surface area contributed by atoms with Crippen molar-refractivity contribution in [2.45, 2.75) is 53.5 Å². The van der Waals surface area contributed by atoms with Gasteiger partial charge in [-0.25, -0.2) is 4.98 Å². The minimum absolute atomic E-state index is 0.708. The lowest BCUT2D eigenvalue weighted by molar-refractivity contribution is 0.545. The highest BCUT2D eigenvalue weighted by Gasteiger charge is 2.11. The molecule has 0 saturated carbocycles. The zero-order valence-electron chi connectivity index (χ0n) is 13.9. The molecular formula is C17H31N3. The molecule has 114 valence electrons. The molecule has 0 saturated heterocycles. The van der Waals surface area contributed by atoms with Crippen molar-refractivity contribution in [3.8, 4) is 0 Å². The Bertz CT molecular complexity index is 366. The molecule has 1 aromatic heterocycles. The van der Waals surface area contributed by atoms with E-state index in [0.29, 0.717) is 5.92 Å². The van der Waals surface area contributed by atoms with Crippen molar-refractivity contribution in [3.63, 3.8) is 0 Å². The highest BCUT2D eigenvalue weighted by atomic mass is 15.2. The molecule has 20 heavy (non-hydrogen) atoms. The number of nitrogens with zero attached hydrogens (tertiary/aromatic N) is 2. The third-order valence-electron chi connectivity index (χ3n) is 3.75. The molecule has 1 aromatic rings. The first-order valence-electron chi connectivity index (χ1n) is 8.03. The van der Waals surface area contributed by atoms with Gasteiger partial charge in [-0.3, -0.25) is 0 Å². The van der Waals surface area contributed by atoms with E-state index in [0.717, 1.165) is 38.3 Å². The molecule has 0 aliphatic heterocycles. The Morgan fingerprint density at radius 2 is 2.00 bits per heavy atom. The quantitative estimate of drug-likeness (QED) is 0.747. The fraction of sp³-hybridized carbons (Fsp3) is 0.706. The lowest BCUT2D eigenvalue weighted by atomic mass is 10.1. The van der Waals surface area contributed by atoms with E-state index < -0.39 is 0 Å². The molecule has 3 heteroatoms. The van der Waals surface area contributed by atoms with Gasteiger partial charge in [-0.15, -0.1) is 0 Å². The van der Waals surface area contributed by atoms with E-state index in [2.05, 4.69) is 50.0 Å². The number of aromatic nitrogens is 1. The van der Waals surface area contributed by atoms with E-state index in [1.165, 1.54) is 17.7 Å². The van der Waals surface area contributed by atoms with Gasteiger partial charge in [0.25, 0.3) is 0 Å². The summed E-state index contributed by atoms with van der Waals surface area (Å²) < 4.78 is 0. The average Bonchev–Trinajstić information content (AvgIpc) is 2.44. The van der Waals surface area contributed by atoms with Crippen LogP contribution in [0.5, 0.6) is 0 Å². The lowest BCUT2D eigenvalue weighted by Gasteiger charge is -2.26. The molecule has 0 amide bonds. The van der Waals surface area contributed by atoms with Crippen molar-refractivity contribution in [1.29, 1.82) is 0 Å². The summed E-state index contributed by atoms with van der Waals surface area (Å²) in [5, 5.41) is 3.24. The molecule has 1 heterocycles. The third-order valence-corrected chi connectivity index (χ3v) is 3.75. The van der Waals surface area contributed by atoms with Crippen LogP contribution in [0.4, 0.5) is 5.82 Å². The molecule has 0 fully saturated rings. The Labute approximate surface area is 124 Å². The molecule has 0 aliphatic carbocycles. The summed E-state index contributed by atoms with van der Waals surface area (Å²) in [7, 11) is 2.00. The van der Waals surface area contributed by atoms with Gasteiger partial charge in [-0.05, 0) is 44.0 Å². The van der Waals surface area contributed by atoms with Crippen LogP contribution in [0.1, 0.15) is 51.8 Å². The highest BCUT2D eigenvalue weighted by Crippen LogP contribution is 2.18. The molecule has 3 nitrogen and oxygen atoms in total. The van der Waals surface area contributed by atoms with Crippen LogP contribution in [0.2, 0.25) is 0 Å². The summed E-state index contributed by atoms with van der Waals surface area (Å²) in [4.78, 5) is 7.27. The second-order valence-electron chi connectivity index (χ2n) is 5.66. The molecule has 1 atom stereocenters. The molecule has 1 N–H and O–H groups in total. The maximum atomic E-state index is 4.86. The summed E-state index contributed by atoms with van der Waals surface area (Å²) in [5.41, 5.74) is 2.56. The monoisotopic (exact) mass is 277 g/mol. The van der Waals surface area contributed by atoms with Crippen molar-refractivity contribution in [2.75, 3.05) is 25.0 Å². The van der Waals surface area contributed by atoms with Crippen LogP contribution in [-0.2, 0) is 13.0 Å². The van der Waals surface area contributed by atoms with Crippen molar-refractivity contribution in [1.82, 2.24) is 10.3 Å². The van der Waals surface area contributed by atoms with Crippen molar-refractivity contribution in [3.05, 3.63) is 23.4 Å². The Morgan fingerprint density at radius 1 is 1.25 bits per heavy atom. The molecule has 0 aromatic carbocycles. The molecular weight excluding hydrogens is 246 g/mol.